The zero-order chi connectivity index (χ0) is 11.0. The van der Waals surface area contributed by atoms with E-state index in [9.17, 15) is 4.39 Å². The minimum absolute atomic E-state index is 0.236. The summed E-state index contributed by atoms with van der Waals surface area (Å²) < 4.78 is 18.3. The number of fused-ring (bicyclic) bond motifs is 1. The lowest BCUT2D eigenvalue weighted by Gasteiger charge is -2.00. The largest absolute Gasteiger partial charge is 0.313 e. The van der Waals surface area contributed by atoms with Crippen LogP contribution >= 0.6 is 11.9 Å². The van der Waals surface area contributed by atoms with Crippen LogP contribution in [-0.2, 0) is 7.05 Å². The molecule has 80 valence electrons. The van der Waals surface area contributed by atoms with Crippen molar-refractivity contribution in [3.8, 4) is 0 Å². The summed E-state index contributed by atoms with van der Waals surface area (Å²) in [5, 5.41) is 4.81. The van der Waals surface area contributed by atoms with E-state index in [0.29, 0.717) is 11.2 Å². The maximum Gasteiger partial charge on any atom is 0.168 e. The van der Waals surface area contributed by atoms with Gasteiger partial charge in [0.1, 0.15) is 5.82 Å². The molecule has 1 aromatic carbocycles. The number of nitrogens with one attached hydrogen (secondary N) is 1. The van der Waals surface area contributed by atoms with Crippen molar-refractivity contribution in [3.63, 3.8) is 0 Å². The highest BCUT2D eigenvalue weighted by Crippen LogP contribution is 2.28. The van der Waals surface area contributed by atoms with Crippen molar-refractivity contribution >= 4 is 28.7 Å². The molecule has 1 aromatic heterocycles. The summed E-state index contributed by atoms with van der Waals surface area (Å²) in [6.07, 6.45) is 1.88. The molecule has 0 aliphatic rings. The van der Waals surface area contributed by atoms with Gasteiger partial charge in [0.25, 0.3) is 0 Å². The van der Waals surface area contributed by atoms with E-state index < -0.39 is 0 Å². The maximum atomic E-state index is 13.7. The first-order valence-corrected chi connectivity index (χ1v) is 5.78. The van der Waals surface area contributed by atoms with E-state index in [2.05, 4.69) is 9.82 Å². The van der Waals surface area contributed by atoms with Gasteiger partial charge in [-0.05, 0) is 18.6 Å². The first kappa shape index (κ1) is 10.3. The Morgan fingerprint density at radius 2 is 2.20 bits per heavy atom. The normalized spacial score (nSPS) is 10.9. The van der Waals surface area contributed by atoms with Gasteiger partial charge in [-0.2, -0.15) is 5.10 Å². The van der Waals surface area contributed by atoms with E-state index in [1.54, 1.807) is 10.7 Å². The van der Waals surface area contributed by atoms with E-state index in [4.69, 9.17) is 0 Å². The Morgan fingerprint density at radius 3 is 2.87 bits per heavy atom. The molecule has 5 heteroatoms. The summed E-state index contributed by atoms with van der Waals surface area (Å²) in [6.45, 7) is 1.95. The second kappa shape index (κ2) is 3.73. The van der Waals surface area contributed by atoms with Crippen LogP contribution in [0.1, 0.15) is 5.56 Å². The standard InChI is InChI=1S/C10H12FN3S/c1-6-4-5-7(11)8-9(6)14(2)12-10(8)13-15-3/h4-5H,1-3H3,(H,12,13). The topological polar surface area (TPSA) is 29.9 Å². The number of aromatic nitrogens is 2. The zero-order valence-corrected chi connectivity index (χ0v) is 9.65. The molecule has 1 heterocycles. The smallest absolute Gasteiger partial charge is 0.168 e. The Kier molecular flexibility index (Phi) is 2.56. The van der Waals surface area contributed by atoms with Crippen molar-refractivity contribution in [2.45, 2.75) is 6.92 Å². The summed E-state index contributed by atoms with van der Waals surface area (Å²) in [6, 6.07) is 3.24. The predicted octanol–water partition coefficient (Wildman–Crippen LogP) is 2.71. The molecule has 0 saturated carbocycles. The van der Waals surface area contributed by atoms with Gasteiger partial charge >= 0.3 is 0 Å². The van der Waals surface area contributed by atoms with E-state index in [-0.39, 0.29) is 5.82 Å². The third-order valence-electron chi connectivity index (χ3n) is 2.34. The number of rotatable bonds is 2. The van der Waals surface area contributed by atoms with Crippen LogP contribution in [0.3, 0.4) is 0 Å². The molecule has 0 radical (unpaired) electrons. The van der Waals surface area contributed by atoms with Gasteiger partial charge < -0.3 is 4.72 Å². The van der Waals surface area contributed by atoms with Crippen molar-refractivity contribution in [3.05, 3.63) is 23.5 Å². The highest BCUT2D eigenvalue weighted by molar-refractivity contribution is 7.99. The van der Waals surface area contributed by atoms with Crippen LogP contribution in [0, 0.1) is 12.7 Å². The van der Waals surface area contributed by atoms with Crippen molar-refractivity contribution in [2.75, 3.05) is 11.0 Å². The van der Waals surface area contributed by atoms with Crippen molar-refractivity contribution in [2.24, 2.45) is 7.05 Å². The first-order valence-electron chi connectivity index (χ1n) is 4.56. The van der Waals surface area contributed by atoms with Crippen LogP contribution in [0.5, 0.6) is 0 Å². The quantitative estimate of drug-likeness (QED) is 0.797. The number of hydrogen-bond donors (Lipinski definition) is 1. The Bertz CT molecular complexity index is 507. The molecule has 1 N–H and O–H groups in total. The maximum absolute atomic E-state index is 13.7. The van der Waals surface area contributed by atoms with E-state index in [1.165, 1.54) is 18.0 Å². The minimum atomic E-state index is -0.236. The van der Waals surface area contributed by atoms with Gasteiger partial charge in [0.2, 0.25) is 0 Å². The second-order valence-corrected chi connectivity index (χ2v) is 3.98. The molecule has 3 nitrogen and oxygen atoms in total. The molecule has 15 heavy (non-hydrogen) atoms. The fourth-order valence-electron chi connectivity index (χ4n) is 1.73. The lowest BCUT2D eigenvalue weighted by atomic mass is 10.1. The lowest BCUT2D eigenvalue weighted by molar-refractivity contribution is 0.640. The number of benzene rings is 1. The predicted molar refractivity (Wildman–Crippen MR) is 62.5 cm³/mol. The minimum Gasteiger partial charge on any atom is -0.313 e. The number of halogens is 1. The highest BCUT2D eigenvalue weighted by Gasteiger charge is 2.14. The van der Waals surface area contributed by atoms with Crippen LogP contribution in [0.4, 0.5) is 10.2 Å². The molecule has 0 saturated heterocycles. The van der Waals surface area contributed by atoms with Gasteiger partial charge in [-0.15, -0.1) is 0 Å². The number of nitrogens with zero attached hydrogens (tertiary/aromatic N) is 2. The molecular formula is C10H12FN3S. The highest BCUT2D eigenvalue weighted by atomic mass is 32.2. The fourth-order valence-corrected chi connectivity index (χ4v) is 2.07. The lowest BCUT2D eigenvalue weighted by Crippen LogP contribution is -1.92. The van der Waals surface area contributed by atoms with Crippen LogP contribution in [-0.4, -0.2) is 16.0 Å². The Hall–Kier alpha value is -1.23. The fraction of sp³-hybridized carbons (Fsp3) is 0.300. The van der Waals surface area contributed by atoms with Gasteiger partial charge in [0, 0.05) is 13.3 Å². The van der Waals surface area contributed by atoms with Gasteiger partial charge in [0.05, 0.1) is 10.9 Å². The van der Waals surface area contributed by atoms with Crippen molar-refractivity contribution in [1.82, 2.24) is 9.78 Å². The molecule has 0 fully saturated rings. The monoisotopic (exact) mass is 225 g/mol. The van der Waals surface area contributed by atoms with Gasteiger partial charge in [-0.3, -0.25) is 4.68 Å². The number of anilines is 1. The molecule has 0 unspecified atom stereocenters. The summed E-state index contributed by atoms with van der Waals surface area (Å²) in [7, 11) is 1.82. The van der Waals surface area contributed by atoms with Gasteiger partial charge in [-0.1, -0.05) is 18.0 Å². The number of hydrogen-bond acceptors (Lipinski definition) is 3. The SMILES string of the molecule is CSNc1nn(C)c2c(C)ccc(F)c12. The van der Waals surface area contributed by atoms with E-state index >= 15 is 0 Å². The molecule has 0 bridgehead atoms. The summed E-state index contributed by atoms with van der Waals surface area (Å²) in [4.78, 5) is 0. The van der Waals surface area contributed by atoms with Crippen LogP contribution in [0.25, 0.3) is 10.9 Å². The van der Waals surface area contributed by atoms with Gasteiger partial charge in [0.15, 0.2) is 5.82 Å². The Balaban J connectivity index is 2.80. The average molecular weight is 225 g/mol. The molecule has 2 rings (SSSR count). The zero-order valence-electron chi connectivity index (χ0n) is 8.84. The van der Waals surface area contributed by atoms with Crippen LogP contribution < -0.4 is 4.72 Å². The molecule has 2 aromatic rings. The molecule has 0 aliphatic carbocycles. The third-order valence-corrected chi connectivity index (χ3v) is 2.74. The molecule has 0 spiro atoms. The third kappa shape index (κ3) is 1.56. The molecule has 0 amide bonds. The second-order valence-electron chi connectivity index (χ2n) is 3.37. The summed E-state index contributed by atoms with van der Waals surface area (Å²) in [5.74, 6) is 0.349. The van der Waals surface area contributed by atoms with Gasteiger partial charge in [-0.25, -0.2) is 4.39 Å². The Labute approximate surface area is 91.8 Å². The molecular weight excluding hydrogens is 213 g/mol. The first-order chi connectivity index (χ1) is 7.15. The van der Waals surface area contributed by atoms with Crippen molar-refractivity contribution < 1.29 is 4.39 Å². The number of aryl methyl sites for hydroxylation is 2. The summed E-state index contributed by atoms with van der Waals surface area (Å²) >= 11 is 1.40. The van der Waals surface area contributed by atoms with E-state index in [0.717, 1.165) is 11.1 Å². The van der Waals surface area contributed by atoms with Crippen molar-refractivity contribution in [1.29, 1.82) is 0 Å². The van der Waals surface area contributed by atoms with E-state index in [1.807, 2.05) is 20.2 Å². The molecule has 0 aliphatic heterocycles. The molecule has 0 atom stereocenters. The summed E-state index contributed by atoms with van der Waals surface area (Å²) in [5.41, 5.74) is 1.86. The van der Waals surface area contributed by atoms with Crippen LogP contribution in [0.2, 0.25) is 0 Å². The van der Waals surface area contributed by atoms with Crippen LogP contribution in [0.15, 0.2) is 12.1 Å². The average Bonchev–Trinajstić information content (AvgIpc) is 2.51. The Morgan fingerprint density at radius 1 is 1.47 bits per heavy atom.